The van der Waals surface area contributed by atoms with Gasteiger partial charge in [0.25, 0.3) is 0 Å². The average Bonchev–Trinajstić information content (AvgIpc) is 2.67. The molecule has 0 bridgehead atoms. The van der Waals surface area contributed by atoms with Crippen molar-refractivity contribution >= 4 is 5.91 Å². The molecule has 1 amide bonds. The summed E-state index contributed by atoms with van der Waals surface area (Å²) in [7, 11) is 0. The second-order valence-electron chi connectivity index (χ2n) is 6.15. The Morgan fingerprint density at radius 2 is 2.18 bits per heavy atom. The van der Waals surface area contributed by atoms with Gasteiger partial charge < -0.3 is 10.2 Å². The summed E-state index contributed by atoms with van der Waals surface area (Å²) in [6.07, 6.45) is 7.93. The summed E-state index contributed by atoms with van der Waals surface area (Å²) < 4.78 is 0. The van der Waals surface area contributed by atoms with Crippen molar-refractivity contribution in [3.8, 4) is 0 Å². The van der Waals surface area contributed by atoms with Crippen LogP contribution in [-0.4, -0.2) is 35.5 Å². The van der Waals surface area contributed by atoms with Crippen molar-refractivity contribution < 1.29 is 4.79 Å². The van der Waals surface area contributed by atoms with E-state index < -0.39 is 0 Å². The molecule has 0 radical (unpaired) electrons. The molecule has 2 fully saturated rings. The second kappa shape index (κ2) is 5.38. The number of rotatable bonds is 3. The quantitative estimate of drug-likeness (QED) is 0.818. The lowest BCUT2D eigenvalue weighted by atomic mass is 9.99. The van der Waals surface area contributed by atoms with Crippen LogP contribution in [0.2, 0.25) is 0 Å². The molecule has 17 heavy (non-hydrogen) atoms. The first-order chi connectivity index (χ1) is 8.09. The minimum absolute atomic E-state index is 0.0943. The maximum atomic E-state index is 12.2. The number of nitrogens with one attached hydrogen (secondary N) is 1. The van der Waals surface area contributed by atoms with Gasteiger partial charge in [0.15, 0.2) is 0 Å². The molecular formula is C14H26N2O. The van der Waals surface area contributed by atoms with E-state index in [0.29, 0.717) is 11.9 Å². The largest absolute Gasteiger partial charge is 0.338 e. The summed E-state index contributed by atoms with van der Waals surface area (Å²) in [4.78, 5) is 14.3. The number of amides is 1. The average molecular weight is 238 g/mol. The molecule has 0 aliphatic carbocycles. The summed E-state index contributed by atoms with van der Waals surface area (Å²) in [6, 6.07) is 0.582. The van der Waals surface area contributed by atoms with Crippen molar-refractivity contribution in [1.29, 1.82) is 0 Å². The number of hydrogen-bond donors (Lipinski definition) is 1. The van der Waals surface area contributed by atoms with Crippen molar-refractivity contribution in [3.63, 3.8) is 0 Å². The number of nitrogens with zero attached hydrogens (tertiary/aromatic N) is 1. The summed E-state index contributed by atoms with van der Waals surface area (Å²) in [5, 5.41) is 3.52. The van der Waals surface area contributed by atoms with Gasteiger partial charge in [-0.1, -0.05) is 6.42 Å². The predicted molar refractivity (Wildman–Crippen MR) is 69.9 cm³/mol. The van der Waals surface area contributed by atoms with Crippen LogP contribution in [0.1, 0.15) is 58.8 Å². The normalized spacial score (nSPS) is 28.4. The minimum Gasteiger partial charge on any atom is -0.338 e. The van der Waals surface area contributed by atoms with Crippen LogP contribution in [-0.2, 0) is 4.79 Å². The predicted octanol–water partition coefficient (Wildman–Crippen LogP) is 2.31. The second-order valence-corrected chi connectivity index (χ2v) is 6.15. The lowest BCUT2D eigenvalue weighted by molar-refractivity contribution is -0.134. The van der Waals surface area contributed by atoms with Gasteiger partial charge in [-0.2, -0.15) is 0 Å². The summed E-state index contributed by atoms with van der Waals surface area (Å²) in [6.45, 7) is 6.48. The molecule has 3 heteroatoms. The van der Waals surface area contributed by atoms with Crippen molar-refractivity contribution in [2.75, 3.05) is 13.1 Å². The molecule has 2 aliphatic rings. The molecule has 2 rings (SSSR count). The van der Waals surface area contributed by atoms with Gasteiger partial charge in [0.2, 0.25) is 5.91 Å². The van der Waals surface area contributed by atoms with Crippen LogP contribution in [0.25, 0.3) is 0 Å². The van der Waals surface area contributed by atoms with E-state index in [4.69, 9.17) is 0 Å². The lowest BCUT2D eigenvalue weighted by Crippen LogP contribution is -2.43. The van der Waals surface area contributed by atoms with Crippen LogP contribution in [0, 0.1) is 0 Å². The SMILES string of the molecule is CC1(C)CCCN1C(=O)CCC1CCCCN1. The molecule has 98 valence electrons. The van der Waals surface area contributed by atoms with Gasteiger partial charge in [0.05, 0.1) is 0 Å². The highest BCUT2D eigenvalue weighted by molar-refractivity contribution is 5.77. The molecule has 1 N–H and O–H groups in total. The Labute approximate surface area is 105 Å². The van der Waals surface area contributed by atoms with E-state index in [1.54, 1.807) is 0 Å². The third-order valence-electron chi connectivity index (χ3n) is 4.32. The highest BCUT2D eigenvalue weighted by Crippen LogP contribution is 2.29. The van der Waals surface area contributed by atoms with E-state index in [0.717, 1.165) is 32.4 Å². The fraction of sp³-hybridized carbons (Fsp3) is 0.929. The van der Waals surface area contributed by atoms with E-state index in [1.807, 2.05) is 0 Å². The zero-order valence-electron chi connectivity index (χ0n) is 11.3. The zero-order chi connectivity index (χ0) is 12.3. The molecule has 0 aromatic rings. The van der Waals surface area contributed by atoms with E-state index in [9.17, 15) is 4.79 Å². The van der Waals surface area contributed by atoms with Crippen molar-refractivity contribution in [1.82, 2.24) is 10.2 Å². The summed E-state index contributed by atoms with van der Waals surface area (Å²) in [5.41, 5.74) is 0.0943. The van der Waals surface area contributed by atoms with Crippen molar-refractivity contribution in [2.45, 2.75) is 70.4 Å². The fourth-order valence-corrected chi connectivity index (χ4v) is 3.17. The Hall–Kier alpha value is -0.570. The third kappa shape index (κ3) is 3.21. The van der Waals surface area contributed by atoms with Gasteiger partial charge in [-0.3, -0.25) is 4.79 Å². The molecule has 1 unspecified atom stereocenters. The standard InChI is InChI=1S/C14H26N2O/c1-14(2)9-5-11-16(14)13(17)8-7-12-6-3-4-10-15-12/h12,15H,3-11H2,1-2H3. The van der Waals surface area contributed by atoms with Gasteiger partial charge in [-0.05, 0) is 52.5 Å². The summed E-state index contributed by atoms with van der Waals surface area (Å²) >= 11 is 0. The van der Waals surface area contributed by atoms with E-state index in [2.05, 4.69) is 24.1 Å². The Bertz CT molecular complexity index is 269. The van der Waals surface area contributed by atoms with Gasteiger partial charge in [0.1, 0.15) is 0 Å². The van der Waals surface area contributed by atoms with Crippen LogP contribution in [0.3, 0.4) is 0 Å². The molecule has 2 heterocycles. The first-order valence-electron chi connectivity index (χ1n) is 7.13. The summed E-state index contributed by atoms with van der Waals surface area (Å²) in [5.74, 6) is 0.361. The minimum atomic E-state index is 0.0943. The van der Waals surface area contributed by atoms with Crippen LogP contribution >= 0.6 is 0 Å². The fourth-order valence-electron chi connectivity index (χ4n) is 3.17. The Morgan fingerprint density at radius 3 is 2.76 bits per heavy atom. The van der Waals surface area contributed by atoms with Crippen LogP contribution in [0.4, 0.5) is 0 Å². The Balaban J connectivity index is 1.77. The number of hydrogen-bond acceptors (Lipinski definition) is 2. The number of likely N-dealkylation sites (tertiary alicyclic amines) is 1. The van der Waals surface area contributed by atoms with Crippen LogP contribution in [0.15, 0.2) is 0 Å². The van der Waals surface area contributed by atoms with Gasteiger partial charge in [-0.15, -0.1) is 0 Å². The molecule has 2 aliphatic heterocycles. The van der Waals surface area contributed by atoms with Gasteiger partial charge >= 0.3 is 0 Å². The molecule has 2 saturated heterocycles. The molecule has 0 aromatic heterocycles. The molecular weight excluding hydrogens is 212 g/mol. The zero-order valence-corrected chi connectivity index (χ0v) is 11.3. The first kappa shape index (κ1) is 12.9. The van der Waals surface area contributed by atoms with E-state index in [1.165, 1.54) is 25.7 Å². The molecule has 3 nitrogen and oxygen atoms in total. The van der Waals surface area contributed by atoms with Crippen molar-refractivity contribution in [2.24, 2.45) is 0 Å². The Morgan fingerprint density at radius 1 is 1.35 bits per heavy atom. The monoisotopic (exact) mass is 238 g/mol. The molecule has 0 saturated carbocycles. The van der Waals surface area contributed by atoms with Gasteiger partial charge in [-0.25, -0.2) is 0 Å². The topological polar surface area (TPSA) is 32.3 Å². The van der Waals surface area contributed by atoms with Gasteiger partial charge in [0, 0.05) is 24.5 Å². The number of carbonyl (C=O) groups excluding carboxylic acids is 1. The lowest BCUT2D eigenvalue weighted by Gasteiger charge is -2.32. The molecule has 0 aromatic carbocycles. The number of carbonyl (C=O) groups is 1. The smallest absolute Gasteiger partial charge is 0.223 e. The van der Waals surface area contributed by atoms with Crippen LogP contribution in [0.5, 0.6) is 0 Å². The maximum absolute atomic E-state index is 12.2. The highest BCUT2D eigenvalue weighted by atomic mass is 16.2. The molecule has 1 atom stereocenters. The highest BCUT2D eigenvalue weighted by Gasteiger charge is 2.35. The van der Waals surface area contributed by atoms with Crippen LogP contribution < -0.4 is 5.32 Å². The Kier molecular flexibility index (Phi) is 4.08. The van der Waals surface area contributed by atoms with Crippen molar-refractivity contribution in [3.05, 3.63) is 0 Å². The third-order valence-corrected chi connectivity index (χ3v) is 4.32. The molecule has 0 spiro atoms. The maximum Gasteiger partial charge on any atom is 0.223 e. The van der Waals surface area contributed by atoms with E-state index >= 15 is 0 Å². The first-order valence-corrected chi connectivity index (χ1v) is 7.13. The van der Waals surface area contributed by atoms with E-state index in [-0.39, 0.29) is 5.54 Å². The number of piperidine rings is 1.